The van der Waals surface area contributed by atoms with E-state index in [1.807, 2.05) is 0 Å². The van der Waals surface area contributed by atoms with Crippen LogP contribution in [0.3, 0.4) is 0 Å². The largest absolute Gasteiger partial charge is 0.454 e. The third-order valence-corrected chi connectivity index (χ3v) is 5.51. The minimum absolute atomic E-state index is 0.138. The molecule has 0 spiro atoms. The van der Waals surface area contributed by atoms with Crippen molar-refractivity contribution in [2.75, 3.05) is 12.0 Å². The van der Waals surface area contributed by atoms with Crippen molar-refractivity contribution in [3.63, 3.8) is 0 Å². The van der Waals surface area contributed by atoms with Crippen molar-refractivity contribution in [2.45, 2.75) is 13.0 Å². The Morgan fingerprint density at radius 1 is 1.10 bits per heavy atom. The summed E-state index contributed by atoms with van der Waals surface area (Å²) in [6.45, 7) is 0.720. The molecule has 30 heavy (non-hydrogen) atoms. The van der Waals surface area contributed by atoms with Gasteiger partial charge in [0.2, 0.25) is 0 Å². The van der Waals surface area contributed by atoms with Crippen molar-refractivity contribution in [1.29, 1.82) is 0 Å². The van der Waals surface area contributed by atoms with E-state index in [9.17, 15) is 9.18 Å². The van der Waals surface area contributed by atoms with Gasteiger partial charge in [0.05, 0.1) is 15.7 Å². The van der Waals surface area contributed by atoms with Gasteiger partial charge in [0.15, 0.2) is 5.75 Å². The lowest BCUT2D eigenvalue weighted by molar-refractivity contribution is 0.0725. The number of rotatable bonds is 5. The Bertz CT molecular complexity index is 1100. The molecule has 0 bridgehead atoms. The second-order valence-corrected chi connectivity index (χ2v) is 7.72. The number of halogens is 3. The summed E-state index contributed by atoms with van der Waals surface area (Å²) < 4.78 is 19.8. The summed E-state index contributed by atoms with van der Waals surface area (Å²) in [6.07, 6.45) is 0.629. The fourth-order valence-electron chi connectivity index (χ4n) is 3.42. The van der Waals surface area contributed by atoms with Gasteiger partial charge in [-0.05, 0) is 48.4 Å². The number of hydrazine groups is 1. The SMILES string of the molecule is NNc1cc(Cl)c(Oc2ccc3c(c2)CCN(Cc2ccccc2F)C3=O)c(Cl)c1. The van der Waals surface area contributed by atoms with Crippen LogP contribution in [-0.4, -0.2) is 17.4 Å². The average Bonchev–Trinajstić information content (AvgIpc) is 2.74. The van der Waals surface area contributed by atoms with E-state index >= 15 is 0 Å². The number of nitrogens with two attached hydrogens (primary N) is 1. The van der Waals surface area contributed by atoms with E-state index in [4.69, 9.17) is 33.8 Å². The zero-order chi connectivity index (χ0) is 21.3. The van der Waals surface area contributed by atoms with Crippen LogP contribution in [0.25, 0.3) is 0 Å². The minimum atomic E-state index is -0.315. The highest BCUT2D eigenvalue weighted by Gasteiger charge is 2.25. The maximum absolute atomic E-state index is 14.0. The Morgan fingerprint density at radius 3 is 2.53 bits per heavy atom. The molecule has 1 heterocycles. The van der Waals surface area contributed by atoms with Crippen molar-refractivity contribution < 1.29 is 13.9 Å². The third-order valence-electron chi connectivity index (χ3n) is 4.95. The van der Waals surface area contributed by atoms with Crippen molar-refractivity contribution >= 4 is 34.8 Å². The second-order valence-electron chi connectivity index (χ2n) is 6.90. The second kappa shape index (κ2) is 8.52. The van der Waals surface area contributed by atoms with Gasteiger partial charge >= 0.3 is 0 Å². The average molecular weight is 446 g/mol. The van der Waals surface area contributed by atoms with E-state index in [2.05, 4.69) is 5.43 Å². The normalized spacial score (nSPS) is 13.2. The summed E-state index contributed by atoms with van der Waals surface area (Å²) in [5.41, 5.74) is 4.96. The molecule has 1 aliphatic heterocycles. The highest BCUT2D eigenvalue weighted by atomic mass is 35.5. The molecule has 3 aromatic rings. The first-order valence-electron chi connectivity index (χ1n) is 9.25. The van der Waals surface area contributed by atoms with E-state index in [1.165, 1.54) is 6.07 Å². The number of nitrogen functional groups attached to an aromatic ring is 1. The number of anilines is 1. The lowest BCUT2D eigenvalue weighted by Gasteiger charge is -2.29. The van der Waals surface area contributed by atoms with Crippen molar-refractivity contribution in [1.82, 2.24) is 4.90 Å². The molecule has 0 fully saturated rings. The van der Waals surface area contributed by atoms with Gasteiger partial charge in [0.25, 0.3) is 5.91 Å². The Morgan fingerprint density at radius 2 is 1.83 bits per heavy atom. The Hall–Kier alpha value is -2.80. The number of nitrogens with zero attached hydrogens (tertiary/aromatic N) is 1. The molecule has 1 aliphatic rings. The first-order valence-corrected chi connectivity index (χ1v) is 10.0. The van der Waals surface area contributed by atoms with Gasteiger partial charge in [-0.25, -0.2) is 4.39 Å². The van der Waals surface area contributed by atoms with Crippen LogP contribution in [0.15, 0.2) is 54.6 Å². The number of nitrogens with one attached hydrogen (secondary N) is 1. The number of carbonyl (C=O) groups is 1. The van der Waals surface area contributed by atoms with Gasteiger partial charge in [-0.1, -0.05) is 41.4 Å². The molecule has 3 N–H and O–H groups in total. The number of carbonyl (C=O) groups excluding carboxylic acids is 1. The molecule has 0 unspecified atom stereocenters. The van der Waals surface area contributed by atoms with E-state index in [1.54, 1.807) is 53.4 Å². The summed E-state index contributed by atoms with van der Waals surface area (Å²) >= 11 is 12.5. The predicted molar refractivity (Wildman–Crippen MR) is 116 cm³/mol. The van der Waals surface area contributed by atoms with Gasteiger partial charge in [0.1, 0.15) is 11.6 Å². The summed E-state index contributed by atoms with van der Waals surface area (Å²) in [4.78, 5) is 14.5. The molecule has 0 aliphatic carbocycles. The minimum Gasteiger partial charge on any atom is -0.454 e. The highest BCUT2D eigenvalue weighted by Crippen LogP contribution is 2.39. The molecule has 1 amide bonds. The smallest absolute Gasteiger partial charge is 0.254 e. The van der Waals surface area contributed by atoms with Crippen LogP contribution in [0, 0.1) is 5.82 Å². The first-order chi connectivity index (χ1) is 14.5. The predicted octanol–water partition coefficient (Wildman–Crippen LogP) is 5.41. The van der Waals surface area contributed by atoms with Gasteiger partial charge < -0.3 is 15.1 Å². The number of hydrogen-bond donors (Lipinski definition) is 2. The number of fused-ring (bicyclic) bond motifs is 1. The van der Waals surface area contributed by atoms with Crippen molar-refractivity contribution in [3.05, 3.63) is 87.2 Å². The monoisotopic (exact) mass is 445 g/mol. The van der Waals surface area contributed by atoms with Gasteiger partial charge in [-0.2, -0.15) is 0 Å². The van der Waals surface area contributed by atoms with Crippen LogP contribution < -0.4 is 16.0 Å². The molecule has 154 valence electrons. The van der Waals surface area contributed by atoms with Crippen molar-refractivity contribution in [3.8, 4) is 11.5 Å². The maximum Gasteiger partial charge on any atom is 0.254 e. The van der Waals surface area contributed by atoms with Gasteiger partial charge in [-0.3, -0.25) is 10.6 Å². The lowest BCUT2D eigenvalue weighted by Crippen LogP contribution is -2.37. The molecule has 0 aromatic heterocycles. The maximum atomic E-state index is 14.0. The lowest BCUT2D eigenvalue weighted by atomic mass is 9.98. The van der Waals surface area contributed by atoms with Crippen LogP contribution in [0.4, 0.5) is 10.1 Å². The van der Waals surface area contributed by atoms with Crippen LogP contribution in [0.5, 0.6) is 11.5 Å². The molecule has 0 atom stereocenters. The zero-order valence-corrected chi connectivity index (χ0v) is 17.3. The van der Waals surface area contributed by atoms with Crippen molar-refractivity contribution in [2.24, 2.45) is 5.84 Å². The summed E-state index contributed by atoms with van der Waals surface area (Å²) in [7, 11) is 0. The number of amides is 1. The van der Waals surface area contributed by atoms with Gasteiger partial charge in [-0.15, -0.1) is 0 Å². The fourth-order valence-corrected chi connectivity index (χ4v) is 3.98. The highest BCUT2D eigenvalue weighted by molar-refractivity contribution is 6.37. The molecule has 5 nitrogen and oxygen atoms in total. The number of benzene rings is 3. The topological polar surface area (TPSA) is 67.6 Å². The Kier molecular flexibility index (Phi) is 5.81. The zero-order valence-electron chi connectivity index (χ0n) is 15.8. The number of hydrogen-bond acceptors (Lipinski definition) is 4. The van der Waals surface area contributed by atoms with E-state index < -0.39 is 0 Å². The number of ether oxygens (including phenoxy) is 1. The molecule has 8 heteroatoms. The molecule has 0 radical (unpaired) electrons. The molecular weight excluding hydrogens is 428 g/mol. The van der Waals surface area contributed by atoms with E-state index in [0.717, 1.165) is 5.56 Å². The Labute approximate surface area is 183 Å². The summed E-state index contributed by atoms with van der Waals surface area (Å²) in [6, 6.07) is 14.9. The standard InChI is InChI=1S/C22H18Cl2FN3O2/c23-18-10-15(27-26)11-19(24)21(18)30-16-5-6-17-13(9-16)7-8-28(22(17)29)12-14-3-1-2-4-20(14)25/h1-6,9-11,27H,7-8,12,26H2. The fraction of sp³-hybridized carbons (Fsp3) is 0.136. The van der Waals surface area contributed by atoms with E-state index in [-0.39, 0.29) is 18.3 Å². The summed E-state index contributed by atoms with van der Waals surface area (Å²) in [5, 5.41) is 0.612. The first kappa shape index (κ1) is 20.5. The van der Waals surface area contributed by atoms with Crippen LogP contribution >= 0.6 is 23.2 Å². The van der Waals surface area contributed by atoms with E-state index in [0.29, 0.717) is 51.3 Å². The van der Waals surface area contributed by atoms with Crippen LogP contribution in [-0.2, 0) is 13.0 Å². The molecule has 4 rings (SSSR count). The third kappa shape index (κ3) is 4.07. The summed E-state index contributed by atoms with van der Waals surface area (Å²) in [5.74, 6) is 5.75. The van der Waals surface area contributed by atoms with Gasteiger partial charge in [0, 0.05) is 24.2 Å². The van der Waals surface area contributed by atoms with Crippen LogP contribution in [0.2, 0.25) is 10.0 Å². The molecule has 0 saturated heterocycles. The molecule has 3 aromatic carbocycles. The quantitative estimate of drug-likeness (QED) is 0.406. The molecule has 0 saturated carbocycles. The molecular formula is C22H18Cl2FN3O2. The van der Waals surface area contributed by atoms with Crippen LogP contribution in [0.1, 0.15) is 21.5 Å². The Balaban J connectivity index is 1.54.